The fraction of sp³-hybridized carbons (Fsp3) is 0.227. The van der Waals surface area contributed by atoms with E-state index in [4.69, 9.17) is 9.84 Å². The van der Waals surface area contributed by atoms with Crippen LogP contribution in [0, 0.1) is 6.92 Å². The van der Waals surface area contributed by atoms with Crippen molar-refractivity contribution in [3.8, 4) is 11.1 Å². The van der Waals surface area contributed by atoms with Gasteiger partial charge in [-0.15, -0.1) is 10.2 Å². The van der Waals surface area contributed by atoms with E-state index < -0.39 is 30.4 Å². The van der Waals surface area contributed by atoms with Gasteiger partial charge in [-0.2, -0.15) is 0 Å². The predicted molar refractivity (Wildman–Crippen MR) is 118 cm³/mol. The van der Waals surface area contributed by atoms with Gasteiger partial charge in [-0.3, -0.25) is 14.9 Å². The zero-order valence-corrected chi connectivity index (χ0v) is 17.9. The quantitative estimate of drug-likeness (QED) is 0.502. The number of rotatable bonds is 7. The first-order valence-electron chi connectivity index (χ1n) is 9.86. The van der Waals surface area contributed by atoms with Gasteiger partial charge in [0.1, 0.15) is 17.7 Å². The standard InChI is InChI=1S/C22H20N4O5S/c1-12-25-26-21(32-12)24-20(29)18(10-19(27)28)23-22(30)31-11-17-15-8-4-2-6-13(15)14-7-3-5-9-16(14)17/h2-9,17-18H,10-11H2,1H3,(H,23,30)(H,27,28)(H,24,26,29). The third-order valence-corrected chi connectivity index (χ3v) is 5.84. The van der Waals surface area contributed by atoms with Crippen molar-refractivity contribution in [3.63, 3.8) is 0 Å². The molecule has 0 spiro atoms. The minimum Gasteiger partial charge on any atom is -0.481 e. The number of amides is 2. The molecule has 1 aliphatic carbocycles. The molecule has 2 aromatic carbocycles. The topological polar surface area (TPSA) is 131 Å². The van der Waals surface area contributed by atoms with Gasteiger partial charge in [0.25, 0.3) is 0 Å². The molecule has 0 bridgehead atoms. The molecule has 9 nitrogen and oxygen atoms in total. The van der Waals surface area contributed by atoms with Crippen molar-refractivity contribution in [3.05, 3.63) is 64.7 Å². The van der Waals surface area contributed by atoms with E-state index in [1.165, 1.54) is 0 Å². The van der Waals surface area contributed by atoms with E-state index >= 15 is 0 Å². The summed E-state index contributed by atoms with van der Waals surface area (Å²) < 4.78 is 5.41. The van der Waals surface area contributed by atoms with Crippen LogP contribution in [0.5, 0.6) is 0 Å². The fourth-order valence-corrected chi connectivity index (χ4v) is 4.30. The van der Waals surface area contributed by atoms with Gasteiger partial charge in [-0.1, -0.05) is 59.9 Å². The molecule has 0 saturated heterocycles. The lowest BCUT2D eigenvalue weighted by Crippen LogP contribution is -2.45. The number of hydrogen-bond acceptors (Lipinski definition) is 7. The van der Waals surface area contributed by atoms with Crippen molar-refractivity contribution in [2.45, 2.75) is 25.3 Å². The lowest BCUT2D eigenvalue weighted by Gasteiger charge is -2.18. The summed E-state index contributed by atoms with van der Waals surface area (Å²) >= 11 is 1.14. The Bertz CT molecular complexity index is 1130. The van der Waals surface area contributed by atoms with Crippen molar-refractivity contribution >= 4 is 34.4 Å². The SMILES string of the molecule is Cc1nnc(NC(=O)C(CC(=O)O)NC(=O)OCC2c3ccccc3-c3ccccc32)s1. The summed E-state index contributed by atoms with van der Waals surface area (Å²) in [5, 5.41) is 22.4. The first-order valence-corrected chi connectivity index (χ1v) is 10.7. The number of nitrogens with one attached hydrogen (secondary N) is 2. The van der Waals surface area contributed by atoms with E-state index in [9.17, 15) is 14.4 Å². The Kier molecular flexibility index (Phi) is 6.13. The van der Waals surface area contributed by atoms with Crippen molar-refractivity contribution in [1.82, 2.24) is 15.5 Å². The molecule has 10 heteroatoms. The van der Waals surface area contributed by atoms with Gasteiger partial charge in [-0.05, 0) is 29.2 Å². The molecule has 1 heterocycles. The highest BCUT2D eigenvalue weighted by Gasteiger charge is 2.30. The molecule has 0 fully saturated rings. The Hall–Kier alpha value is -3.79. The van der Waals surface area contributed by atoms with Gasteiger partial charge in [0.2, 0.25) is 11.0 Å². The van der Waals surface area contributed by atoms with E-state index in [1.54, 1.807) is 6.92 Å². The third-order valence-electron chi connectivity index (χ3n) is 5.09. The number of aromatic nitrogens is 2. The van der Waals surface area contributed by atoms with Crippen LogP contribution < -0.4 is 10.6 Å². The summed E-state index contributed by atoms with van der Waals surface area (Å²) in [5.41, 5.74) is 4.28. The minimum atomic E-state index is -1.33. The number of carboxylic acids is 1. The molecule has 0 saturated carbocycles. The van der Waals surface area contributed by atoms with Crippen LogP contribution in [0.4, 0.5) is 9.93 Å². The van der Waals surface area contributed by atoms with Crippen LogP contribution in [0.15, 0.2) is 48.5 Å². The van der Waals surface area contributed by atoms with E-state index in [0.717, 1.165) is 33.6 Å². The number of benzene rings is 2. The highest BCUT2D eigenvalue weighted by Crippen LogP contribution is 2.44. The molecule has 1 atom stereocenters. The monoisotopic (exact) mass is 452 g/mol. The number of ether oxygens (including phenoxy) is 1. The van der Waals surface area contributed by atoms with Crippen LogP contribution in [0.25, 0.3) is 11.1 Å². The zero-order valence-electron chi connectivity index (χ0n) is 17.1. The van der Waals surface area contributed by atoms with Gasteiger partial charge in [0.05, 0.1) is 6.42 Å². The predicted octanol–water partition coefficient (Wildman–Crippen LogP) is 3.17. The number of fused-ring (bicyclic) bond motifs is 3. The molecule has 0 aliphatic heterocycles. The van der Waals surface area contributed by atoms with Crippen LogP contribution in [-0.2, 0) is 14.3 Å². The number of carbonyl (C=O) groups excluding carboxylic acids is 2. The molecule has 32 heavy (non-hydrogen) atoms. The van der Waals surface area contributed by atoms with E-state index in [0.29, 0.717) is 5.01 Å². The molecule has 4 rings (SSSR count). The number of anilines is 1. The lowest BCUT2D eigenvalue weighted by molar-refractivity contribution is -0.139. The third kappa shape index (κ3) is 4.59. The van der Waals surface area contributed by atoms with Gasteiger partial charge >= 0.3 is 12.1 Å². The van der Waals surface area contributed by atoms with E-state index in [2.05, 4.69) is 20.8 Å². The van der Waals surface area contributed by atoms with Gasteiger partial charge in [-0.25, -0.2) is 4.79 Å². The summed E-state index contributed by atoms with van der Waals surface area (Å²) in [6.07, 6.45) is -1.48. The van der Waals surface area contributed by atoms with Crippen LogP contribution in [0.1, 0.15) is 28.5 Å². The van der Waals surface area contributed by atoms with Crippen LogP contribution in [0.3, 0.4) is 0 Å². The molecule has 1 aliphatic rings. The Morgan fingerprint density at radius 3 is 2.25 bits per heavy atom. The van der Waals surface area contributed by atoms with Crippen molar-refractivity contribution < 1.29 is 24.2 Å². The molecular weight excluding hydrogens is 432 g/mol. The van der Waals surface area contributed by atoms with E-state index in [-0.39, 0.29) is 17.7 Å². The Morgan fingerprint density at radius 1 is 1.06 bits per heavy atom. The molecular formula is C22H20N4O5S. The minimum absolute atomic E-state index is 0.0524. The smallest absolute Gasteiger partial charge is 0.407 e. The first-order chi connectivity index (χ1) is 15.4. The average molecular weight is 452 g/mol. The number of aryl methyl sites for hydroxylation is 1. The second-order valence-corrected chi connectivity index (χ2v) is 8.42. The summed E-state index contributed by atoms with van der Waals surface area (Å²) in [6.45, 7) is 1.77. The average Bonchev–Trinajstić information content (AvgIpc) is 3.32. The molecule has 1 unspecified atom stereocenters. The van der Waals surface area contributed by atoms with Gasteiger partial charge in [0.15, 0.2) is 0 Å². The Labute approximate surface area is 187 Å². The highest BCUT2D eigenvalue weighted by molar-refractivity contribution is 7.15. The van der Waals surface area contributed by atoms with Crippen LogP contribution in [0.2, 0.25) is 0 Å². The summed E-state index contributed by atoms with van der Waals surface area (Å²) in [4.78, 5) is 36.1. The molecule has 164 valence electrons. The Balaban J connectivity index is 1.42. The molecule has 0 radical (unpaired) electrons. The first kappa shape index (κ1) is 21.4. The van der Waals surface area contributed by atoms with Crippen molar-refractivity contribution in [2.24, 2.45) is 0 Å². The second-order valence-electron chi connectivity index (χ2n) is 7.24. The number of carboxylic acid groups (broad SMARTS) is 1. The maximum absolute atomic E-state index is 12.5. The number of nitrogens with zero attached hydrogens (tertiary/aromatic N) is 2. The Morgan fingerprint density at radius 2 is 1.69 bits per heavy atom. The largest absolute Gasteiger partial charge is 0.481 e. The fourth-order valence-electron chi connectivity index (χ4n) is 3.71. The van der Waals surface area contributed by atoms with Crippen LogP contribution >= 0.6 is 11.3 Å². The van der Waals surface area contributed by atoms with Crippen molar-refractivity contribution in [2.75, 3.05) is 11.9 Å². The lowest BCUT2D eigenvalue weighted by atomic mass is 9.98. The number of alkyl carbamates (subject to hydrolysis) is 1. The number of hydrogen-bond donors (Lipinski definition) is 3. The van der Waals surface area contributed by atoms with Crippen molar-refractivity contribution in [1.29, 1.82) is 0 Å². The zero-order chi connectivity index (χ0) is 22.7. The van der Waals surface area contributed by atoms with Crippen LogP contribution in [-0.4, -0.2) is 45.9 Å². The maximum atomic E-state index is 12.5. The number of aliphatic carboxylic acids is 1. The van der Waals surface area contributed by atoms with E-state index in [1.807, 2.05) is 48.5 Å². The molecule has 3 aromatic rings. The summed E-state index contributed by atoms with van der Waals surface area (Å²) in [7, 11) is 0. The molecule has 3 N–H and O–H groups in total. The second kappa shape index (κ2) is 9.15. The summed E-state index contributed by atoms with van der Waals surface area (Å²) in [5.74, 6) is -2.10. The summed E-state index contributed by atoms with van der Waals surface area (Å²) in [6, 6.07) is 14.5. The highest BCUT2D eigenvalue weighted by atomic mass is 32.1. The number of carbonyl (C=O) groups is 3. The molecule has 1 aromatic heterocycles. The maximum Gasteiger partial charge on any atom is 0.407 e. The normalized spacial score (nSPS) is 13.0. The molecule has 2 amide bonds. The van der Waals surface area contributed by atoms with Gasteiger partial charge in [0, 0.05) is 5.92 Å². The van der Waals surface area contributed by atoms with Gasteiger partial charge < -0.3 is 15.2 Å².